The van der Waals surface area contributed by atoms with Crippen molar-refractivity contribution in [3.8, 4) is 0 Å². The predicted molar refractivity (Wildman–Crippen MR) is 117 cm³/mol. The van der Waals surface area contributed by atoms with Crippen LogP contribution in [0.5, 0.6) is 0 Å². The SMILES string of the molecule is CCN(CC)S(=O)(=O)c1cc(NC(=O)COC(=O)c2cc3c(s2)CCC3)ccc1C. The van der Waals surface area contributed by atoms with E-state index >= 15 is 0 Å². The third-order valence-corrected chi connectivity index (χ3v) is 8.49. The van der Waals surface area contributed by atoms with Gasteiger partial charge in [0.2, 0.25) is 10.0 Å². The average molecular weight is 451 g/mol. The molecule has 0 atom stereocenters. The van der Waals surface area contributed by atoms with Gasteiger partial charge in [-0.25, -0.2) is 13.2 Å². The normalized spacial score (nSPS) is 13.3. The van der Waals surface area contributed by atoms with Crippen molar-refractivity contribution in [2.24, 2.45) is 0 Å². The summed E-state index contributed by atoms with van der Waals surface area (Å²) in [6, 6.07) is 6.55. The van der Waals surface area contributed by atoms with Crippen molar-refractivity contribution in [1.82, 2.24) is 4.31 Å². The van der Waals surface area contributed by atoms with Gasteiger partial charge in [0.05, 0.1) is 4.90 Å². The number of amides is 1. The maximum atomic E-state index is 12.8. The lowest BCUT2D eigenvalue weighted by Crippen LogP contribution is -2.31. The number of ether oxygens (including phenoxy) is 1. The summed E-state index contributed by atoms with van der Waals surface area (Å²) in [5.74, 6) is -1.04. The van der Waals surface area contributed by atoms with Gasteiger partial charge in [-0.1, -0.05) is 19.9 Å². The fourth-order valence-corrected chi connectivity index (χ4v) is 6.34. The Labute approximate surface area is 181 Å². The van der Waals surface area contributed by atoms with E-state index in [4.69, 9.17) is 4.74 Å². The molecule has 1 amide bonds. The maximum Gasteiger partial charge on any atom is 0.348 e. The van der Waals surface area contributed by atoms with E-state index in [9.17, 15) is 18.0 Å². The number of anilines is 1. The van der Waals surface area contributed by atoms with E-state index in [0.29, 0.717) is 29.2 Å². The fraction of sp³-hybridized carbons (Fsp3) is 0.429. The summed E-state index contributed by atoms with van der Waals surface area (Å²) in [5.41, 5.74) is 2.12. The van der Waals surface area contributed by atoms with Gasteiger partial charge in [-0.2, -0.15) is 4.31 Å². The number of benzene rings is 1. The van der Waals surface area contributed by atoms with Crippen LogP contribution in [0.4, 0.5) is 5.69 Å². The van der Waals surface area contributed by atoms with Crippen molar-refractivity contribution in [3.63, 3.8) is 0 Å². The lowest BCUT2D eigenvalue weighted by molar-refractivity contribution is -0.119. The highest BCUT2D eigenvalue weighted by molar-refractivity contribution is 7.89. The molecule has 1 N–H and O–H groups in total. The Morgan fingerprint density at radius 1 is 1.17 bits per heavy atom. The van der Waals surface area contributed by atoms with Gasteiger partial charge >= 0.3 is 5.97 Å². The molecule has 1 aromatic carbocycles. The van der Waals surface area contributed by atoms with Crippen LogP contribution < -0.4 is 5.32 Å². The number of aryl methyl sites for hydroxylation is 3. The second-order valence-electron chi connectivity index (χ2n) is 7.11. The summed E-state index contributed by atoms with van der Waals surface area (Å²) in [5, 5.41) is 2.61. The van der Waals surface area contributed by atoms with E-state index < -0.39 is 28.5 Å². The van der Waals surface area contributed by atoms with Crippen LogP contribution in [0.25, 0.3) is 0 Å². The molecule has 9 heteroatoms. The second-order valence-corrected chi connectivity index (χ2v) is 10.1. The number of nitrogens with one attached hydrogen (secondary N) is 1. The monoisotopic (exact) mass is 450 g/mol. The quantitative estimate of drug-likeness (QED) is 0.623. The Morgan fingerprint density at radius 3 is 2.57 bits per heavy atom. The average Bonchev–Trinajstić information content (AvgIpc) is 3.30. The molecule has 0 radical (unpaired) electrons. The zero-order valence-corrected chi connectivity index (χ0v) is 19.0. The minimum Gasteiger partial charge on any atom is -0.451 e. The van der Waals surface area contributed by atoms with Crippen LogP contribution in [-0.4, -0.2) is 44.3 Å². The second kappa shape index (κ2) is 9.28. The molecule has 1 aliphatic carbocycles. The van der Waals surface area contributed by atoms with Gasteiger partial charge in [0.15, 0.2) is 6.61 Å². The van der Waals surface area contributed by atoms with Crippen molar-refractivity contribution in [2.45, 2.75) is 44.9 Å². The van der Waals surface area contributed by atoms with Crippen molar-refractivity contribution in [2.75, 3.05) is 25.0 Å². The molecule has 3 rings (SSSR count). The highest BCUT2D eigenvalue weighted by Gasteiger charge is 2.24. The van der Waals surface area contributed by atoms with Crippen LogP contribution in [0.3, 0.4) is 0 Å². The molecule has 7 nitrogen and oxygen atoms in total. The topological polar surface area (TPSA) is 92.8 Å². The first-order chi connectivity index (χ1) is 14.3. The number of rotatable bonds is 8. The molecule has 0 aliphatic heterocycles. The predicted octanol–water partition coefficient (Wildman–Crippen LogP) is 3.37. The smallest absolute Gasteiger partial charge is 0.348 e. The number of hydrogen-bond donors (Lipinski definition) is 1. The molecule has 1 heterocycles. The number of fused-ring (bicyclic) bond motifs is 1. The van der Waals surface area contributed by atoms with Gasteiger partial charge in [0, 0.05) is 23.7 Å². The van der Waals surface area contributed by atoms with E-state index in [1.807, 2.05) is 6.07 Å². The van der Waals surface area contributed by atoms with E-state index in [0.717, 1.165) is 19.3 Å². The van der Waals surface area contributed by atoms with E-state index in [-0.39, 0.29) is 4.90 Å². The van der Waals surface area contributed by atoms with Gasteiger partial charge < -0.3 is 10.1 Å². The molecule has 0 saturated carbocycles. The van der Waals surface area contributed by atoms with Gasteiger partial charge in [-0.05, 0) is 55.5 Å². The summed E-state index contributed by atoms with van der Waals surface area (Å²) in [4.78, 5) is 26.3. The van der Waals surface area contributed by atoms with Crippen LogP contribution in [0.2, 0.25) is 0 Å². The molecule has 30 heavy (non-hydrogen) atoms. The molecule has 0 unspecified atom stereocenters. The zero-order chi connectivity index (χ0) is 21.9. The van der Waals surface area contributed by atoms with E-state index in [1.54, 1.807) is 32.9 Å². The lowest BCUT2D eigenvalue weighted by Gasteiger charge is -2.20. The number of sulfonamides is 1. The molecule has 2 aromatic rings. The van der Waals surface area contributed by atoms with Crippen LogP contribution in [0.1, 0.15) is 45.9 Å². The minimum absolute atomic E-state index is 0.147. The molecule has 1 aromatic heterocycles. The number of thiophene rings is 1. The van der Waals surface area contributed by atoms with Gasteiger partial charge in [0.1, 0.15) is 4.88 Å². The summed E-state index contributed by atoms with van der Waals surface area (Å²) in [6.45, 7) is 5.54. The van der Waals surface area contributed by atoms with Crippen LogP contribution in [0.15, 0.2) is 29.2 Å². The highest BCUT2D eigenvalue weighted by atomic mass is 32.2. The van der Waals surface area contributed by atoms with Gasteiger partial charge in [-0.15, -0.1) is 11.3 Å². The van der Waals surface area contributed by atoms with E-state index in [2.05, 4.69) is 5.32 Å². The standard InChI is InChI=1S/C21H26N2O5S2/c1-4-23(5-2)30(26,27)19-12-16(10-9-14(19)3)22-20(24)13-28-21(25)18-11-15-7-6-8-17(15)29-18/h9-12H,4-8,13H2,1-3H3,(H,22,24). The molecular formula is C21H26N2O5S2. The summed E-state index contributed by atoms with van der Waals surface area (Å²) in [6.07, 6.45) is 3.08. The highest BCUT2D eigenvalue weighted by Crippen LogP contribution is 2.31. The number of esters is 1. The Bertz CT molecular complexity index is 1030. The molecular weight excluding hydrogens is 424 g/mol. The number of nitrogens with zero attached hydrogens (tertiary/aromatic N) is 1. The summed E-state index contributed by atoms with van der Waals surface area (Å²) < 4.78 is 32.1. The number of carbonyl (C=O) groups excluding carboxylic acids is 2. The first-order valence-electron chi connectivity index (χ1n) is 9.95. The fourth-order valence-electron chi connectivity index (χ4n) is 3.49. The first kappa shape index (κ1) is 22.5. The molecule has 0 bridgehead atoms. The Morgan fingerprint density at radius 2 is 1.90 bits per heavy atom. The Hall–Kier alpha value is -2.23. The van der Waals surface area contributed by atoms with Crippen molar-refractivity contribution >= 4 is 38.9 Å². The Balaban J connectivity index is 1.64. The van der Waals surface area contributed by atoms with Crippen molar-refractivity contribution in [3.05, 3.63) is 45.1 Å². The lowest BCUT2D eigenvalue weighted by atomic mass is 10.2. The molecule has 162 valence electrons. The summed E-state index contributed by atoms with van der Waals surface area (Å²) >= 11 is 1.42. The first-order valence-corrected chi connectivity index (χ1v) is 12.2. The number of carbonyl (C=O) groups is 2. The van der Waals surface area contributed by atoms with Crippen LogP contribution in [0, 0.1) is 6.92 Å². The largest absolute Gasteiger partial charge is 0.451 e. The molecule has 0 spiro atoms. The number of hydrogen-bond acceptors (Lipinski definition) is 6. The van der Waals surface area contributed by atoms with Gasteiger partial charge in [-0.3, -0.25) is 4.79 Å². The molecule has 0 fully saturated rings. The van der Waals surface area contributed by atoms with Crippen LogP contribution in [-0.2, 0) is 32.4 Å². The van der Waals surface area contributed by atoms with Crippen molar-refractivity contribution in [1.29, 1.82) is 0 Å². The van der Waals surface area contributed by atoms with E-state index in [1.165, 1.54) is 32.1 Å². The zero-order valence-electron chi connectivity index (χ0n) is 17.4. The summed E-state index contributed by atoms with van der Waals surface area (Å²) in [7, 11) is -3.65. The minimum atomic E-state index is -3.65. The van der Waals surface area contributed by atoms with Crippen LogP contribution >= 0.6 is 11.3 Å². The Kier molecular flexibility index (Phi) is 6.95. The third-order valence-electron chi connectivity index (χ3n) is 5.08. The van der Waals surface area contributed by atoms with Gasteiger partial charge in [0.25, 0.3) is 5.91 Å². The maximum absolute atomic E-state index is 12.8. The molecule has 1 aliphatic rings. The third kappa shape index (κ3) is 4.74. The molecule has 0 saturated heterocycles. The van der Waals surface area contributed by atoms with Crippen molar-refractivity contribution < 1.29 is 22.7 Å².